The number of nitrogens with zero attached hydrogens (tertiary/aromatic N) is 1. The van der Waals surface area contributed by atoms with E-state index >= 15 is 0 Å². The summed E-state index contributed by atoms with van der Waals surface area (Å²) in [6.45, 7) is 9.52. The quantitative estimate of drug-likeness (QED) is 0.439. The van der Waals surface area contributed by atoms with Crippen LogP contribution in [0.25, 0.3) is 0 Å². The molecule has 9 heteroatoms. The second kappa shape index (κ2) is 11.6. The van der Waals surface area contributed by atoms with Crippen molar-refractivity contribution in [3.05, 3.63) is 63.6 Å². The maximum absolute atomic E-state index is 12.9. The molecule has 2 aromatic rings. The number of urea groups is 1. The van der Waals surface area contributed by atoms with E-state index in [-0.39, 0.29) is 18.6 Å². The van der Waals surface area contributed by atoms with Gasteiger partial charge in [-0.25, -0.2) is 9.59 Å². The molecule has 0 aliphatic heterocycles. The zero-order valence-electron chi connectivity index (χ0n) is 19.5. The van der Waals surface area contributed by atoms with Gasteiger partial charge in [0.05, 0.1) is 22.7 Å². The van der Waals surface area contributed by atoms with Crippen molar-refractivity contribution in [2.75, 3.05) is 11.9 Å². The Bertz CT molecular complexity index is 959. The maximum Gasteiger partial charge on any atom is 0.407 e. The molecule has 0 aliphatic rings. The van der Waals surface area contributed by atoms with Gasteiger partial charge in [-0.3, -0.25) is 0 Å². The lowest BCUT2D eigenvalue weighted by molar-refractivity contribution is 0.0523. The summed E-state index contributed by atoms with van der Waals surface area (Å²) >= 11 is 12.0. The average Bonchev–Trinajstić information content (AvgIpc) is 2.71. The van der Waals surface area contributed by atoms with Crippen molar-refractivity contribution in [3.8, 4) is 0 Å². The zero-order valence-corrected chi connectivity index (χ0v) is 21.0. The molecule has 0 saturated carbocycles. The van der Waals surface area contributed by atoms with Gasteiger partial charge in [-0.1, -0.05) is 41.4 Å². The van der Waals surface area contributed by atoms with Crippen LogP contribution < -0.4 is 10.6 Å². The van der Waals surface area contributed by atoms with Gasteiger partial charge < -0.3 is 25.4 Å². The summed E-state index contributed by atoms with van der Waals surface area (Å²) in [6.07, 6.45) is -1.41. The van der Waals surface area contributed by atoms with E-state index in [4.69, 9.17) is 27.9 Å². The molecule has 1 unspecified atom stereocenters. The summed E-state index contributed by atoms with van der Waals surface area (Å²) in [7, 11) is 0. The van der Waals surface area contributed by atoms with Crippen LogP contribution >= 0.6 is 23.2 Å². The highest BCUT2D eigenvalue weighted by atomic mass is 35.5. The molecule has 0 saturated heterocycles. The van der Waals surface area contributed by atoms with Gasteiger partial charge >= 0.3 is 12.1 Å². The minimum absolute atomic E-state index is 0.0827. The number of hydrogen-bond donors (Lipinski definition) is 3. The highest BCUT2D eigenvalue weighted by Crippen LogP contribution is 2.26. The van der Waals surface area contributed by atoms with E-state index in [1.54, 1.807) is 63.2 Å². The number of aliphatic hydroxyl groups is 1. The Morgan fingerprint density at radius 2 is 1.70 bits per heavy atom. The van der Waals surface area contributed by atoms with E-state index < -0.39 is 17.8 Å². The predicted octanol–water partition coefficient (Wildman–Crippen LogP) is 5.99. The molecular weight excluding hydrogens is 465 g/mol. The number of aliphatic hydroxyl groups excluding tert-OH is 1. The second-order valence-corrected chi connectivity index (χ2v) is 9.73. The Hall–Kier alpha value is -2.48. The van der Waals surface area contributed by atoms with Crippen LogP contribution in [0.3, 0.4) is 0 Å². The number of hydrogen-bond acceptors (Lipinski definition) is 4. The van der Waals surface area contributed by atoms with Crippen molar-refractivity contribution >= 4 is 41.0 Å². The van der Waals surface area contributed by atoms with Gasteiger partial charge in [0.15, 0.2) is 0 Å². The van der Waals surface area contributed by atoms with Crippen LogP contribution in [0.15, 0.2) is 42.5 Å². The Labute approximate surface area is 205 Å². The summed E-state index contributed by atoms with van der Waals surface area (Å²) < 4.78 is 5.21. The molecule has 1 atom stereocenters. The third-order valence-corrected chi connectivity index (χ3v) is 5.36. The number of amides is 3. The fraction of sp³-hybridized carbons (Fsp3) is 0.417. The molecule has 180 valence electrons. The molecule has 0 spiro atoms. The monoisotopic (exact) mass is 495 g/mol. The van der Waals surface area contributed by atoms with E-state index in [2.05, 4.69) is 10.6 Å². The molecule has 7 nitrogen and oxygen atoms in total. The number of alkyl carbamates (subject to hydrolysis) is 1. The number of rotatable bonds is 7. The molecule has 3 amide bonds. The summed E-state index contributed by atoms with van der Waals surface area (Å²) in [4.78, 5) is 26.2. The second-order valence-electron chi connectivity index (χ2n) is 8.92. The summed E-state index contributed by atoms with van der Waals surface area (Å²) in [5.74, 6) is 0. The van der Waals surface area contributed by atoms with Crippen LogP contribution in [0.1, 0.15) is 51.8 Å². The fourth-order valence-corrected chi connectivity index (χ4v) is 3.24. The molecule has 0 aliphatic carbocycles. The molecule has 0 fully saturated rings. The van der Waals surface area contributed by atoms with Crippen molar-refractivity contribution in [2.24, 2.45) is 0 Å². The van der Waals surface area contributed by atoms with E-state index in [1.807, 2.05) is 13.8 Å². The smallest absolute Gasteiger partial charge is 0.407 e. The topological polar surface area (TPSA) is 90.9 Å². The van der Waals surface area contributed by atoms with Gasteiger partial charge in [-0.05, 0) is 70.0 Å². The molecule has 3 N–H and O–H groups in total. The summed E-state index contributed by atoms with van der Waals surface area (Å²) in [5, 5.41) is 16.9. The first-order valence-electron chi connectivity index (χ1n) is 10.6. The highest BCUT2D eigenvalue weighted by molar-refractivity contribution is 6.42. The number of ether oxygens (including phenoxy) is 1. The first-order valence-corrected chi connectivity index (χ1v) is 11.4. The van der Waals surface area contributed by atoms with Crippen molar-refractivity contribution in [1.29, 1.82) is 0 Å². The molecule has 0 heterocycles. The van der Waals surface area contributed by atoms with Crippen molar-refractivity contribution < 1.29 is 19.4 Å². The molecule has 0 aromatic heterocycles. The molecule has 0 radical (unpaired) electrons. The third-order valence-electron chi connectivity index (χ3n) is 4.62. The standard InChI is InChI=1S/C24H31Cl2N3O4/c1-15(2)29(14-21(30)17-8-11-19(25)20(26)12-17)22(31)28-18-9-6-16(7-10-18)13-27-23(32)33-24(3,4)5/h6-12,15,21,30H,13-14H2,1-5H3,(H,27,32)(H,28,31). The predicted molar refractivity (Wildman–Crippen MR) is 132 cm³/mol. The van der Waals surface area contributed by atoms with Gasteiger partial charge in [0, 0.05) is 18.3 Å². The van der Waals surface area contributed by atoms with Gasteiger partial charge in [0.2, 0.25) is 0 Å². The minimum Gasteiger partial charge on any atom is -0.444 e. The molecule has 2 aromatic carbocycles. The van der Waals surface area contributed by atoms with Crippen LogP contribution in [0.5, 0.6) is 0 Å². The molecule has 33 heavy (non-hydrogen) atoms. The summed E-state index contributed by atoms with van der Waals surface area (Å²) in [5.41, 5.74) is 1.46. The zero-order chi connectivity index (χ0) is 24.8. The molecule has 0 bridgehead atoms. The van der Waals surface area contributed by atoms with Crippen LogP contribution in [-0.4, -0.2) is 40.3 Å². The van der Waals surface area contributed by atoms with Crippen LogP contribution in [0.2, 0.25) is 10.0 Å². The number of halogens is 2. The highest BCUT2D eigenvalue weighted by Gasteiger charge is 2.22. The Kier molecular flexibility index (Phi) is 9.40. The van der Waals surface area contributed by atoms with Crippen LogP contribution in [-0.2, 0) is 11.3 Å². The largest absolute Gasteiger partial charge is 0.444 e. The molecular formula is C24H31Cl2N3O4. The third kappa shape index (κ3) is 8.76. The lowest BCUT2D eigenvalue weighted by atomic mass is 10.1. The summed E-state index contributed by atoms with van der Waals surface area (Å²) in [6, 6.07) is 11.5. The number of carbonyl (C=O) groups excluding carboxylic acids is 2. The van der Waals surface area contributed by atoms with Gasteiger partial charge in [0.1, 0.15) is 5.60 Å². The lowest BCUT2D eigenvalue weighted by Crippen LogP contribution is -2.42. The van der Waals surface area contributed by atoms with E-state index in [1.165, 1.54) is 4.90 Å². The maximum atomic E-state index is 12.9. The number of anilines is 1. The first kappa shape index (κ1) is 26.8. The Morgan fingerprint density at radius 1 is 1.06 bits per heavy atom. The van der Waals surface area contributed by atoms with Gasteiger partial charge in [-0.15, -0.1) is 0 Å². The Balaban J connectivity index is 1.96. The van der Waals surface area contributed by atoms with E-state index in [9.17, 15) is 14.7 Å². The van der Waals surface area contributed by atoms with Gasteiger partial charge in [-0.2, -0.15) is 0 Å². The lowest BCUT2D eigenvalue weighted by Gasteiger charge is -2.29. The first-order chi connectivity index (χ1) is 15.4. The Morgan fingerprint density at radius 3 is 2.24 bits per heavy atom. The van der Waals surface area contributed by atoms with Crippen LogP contribution in [0.4, 0.5) is 15.3 Å². The fourth-order valence-electron chi connectivity index (χ4n) is 2.93. The van der Waals surface area contributed by atoms with Gasteiger partial charge in [0.25, 0.3) is 0 Å². The molecule has 2 rings (SSSR count). The van der Waals surface area contributed by atoms with E-state index in [0.29, 0.717) is 27.8 Å². The number of carbonyl (C=O) groups is 2. The normalized spacial score (nSPS) is 12.3. The van der Waals surface area contributed by atoms with Crippen molar-refractivity contribution in [3.63, 3.8) is 0 Å². The average molecular weight is 496 g/mol. The van der Waals surface area contributed by atoms with E-state index in [0.717, 1.165) is 5.56 Å². The van der Waals surface area contributed by atoms with Crippen molar-refractivity contribution in [1.82, 2.24) is 10.2 Å². The number of nitrogens with one attached hydrogen (secondary N) is 2. The van der Waals surface area contributed by atoms with Crippen LogP contribution in [0, 0.1) is 0 Å². The number of benzene rings is 2. The minimum atomic E-state index is -0.922. The van der Waals surface area contributed by atoms with Crippen molar-refractivity contribution in [2.45, 2.75) is 58.9 Å². The SMILES string of the molecule is CC(C)N(CC(O)c1ccc(Cl)c(Cl)c1)C(=O)Nc1ccc(CNC(=O)OC(C)(C)C)cc1.